The smallest absolute Gasteiger partial charge is 0.274 e. The number of Topliss-reactive ketones (excluding diaryl/α,β-unsaturated/α-hetero) is 1. The monoisotopic (exact) mass is 399 g/mol. The molecule has 0 atom stereocenters. The number of aryl methyl sites for hydroxylation is 2. The Bertz CT molecular complexity index is 974. The Morgan fingerprint density at radius 2 is 1.92 bits per heavy atom. The molecule has 6 heteroatoms. The Morgan fingerprint density at radius 1 is 1.24 bits per heavy atom. The highest BCUT2D eigenvalue weighted by Gasteiger charge is 2.19. The van der Waals surface area contributed by atoms with Crippen LogP contribution in [0.1, 0.15) is 46.0 Å². The largest absolute Gasteiger partial charge is 0.321 e. The van der Waals surface area contributed by atoms with Crippen molar-refractivity contribution >= 4 is 39.0 Å². The highest BCUT2D eigenvalue weighted by atomic mass is 79.9. The van der Waals surface area contributed by atoms with E-state index in [0.29, 0.717) is 23.4 Å². The topological polar surface area (TPSA) is 63.5 Å². The molecule has 128 valence electrons. The summed E-state index contributed by atoms with van der Waals surface area (Å²) in [4.78, 5) is 28.8. The summed E-state index contributed by atoms with van der Waals surface area (Å²) in [6, 6.07) is 8.83. The van der Waals surface area contributed by atoms with Crippen LogP contribution < -0.4 is 5.32 Å². The van der Waals surface area contributed by atoms with Crippen molar-refractivity contribution in [3.8, 4) is 0 Å². The maximum absolute atomic E-state index is 12.9. The van der Waals surface area contributed by atoms with E-state index >= 15 is 0 Å². The fraction of sp³-hybridized carbons (Fsp3) is 0.211. The summed E-state index contributed by atoms with van der Waals surface area (Å²) >= 11 is 3.47. The number of carbonyl (C=O) groups excluding carboxylic acids is 2. The van der Waals surface area contributed by atoms with Gasteiger partial charge in [-0.05, 0) is 72.1 Å². The number of rotatable bonds is 4. The lowest BCUT2D eigenvalue weighted by Gasteiger charge is -2.08. The zero-order chi connectivity index (χ0) is 18.1. The molecule has 5 nitrogen and oxygen atoms in total. The SMILES string of the molecule is CCc1nc2c(C)cc(Br)cn2c1C(=O)Nc1ccc(C(C)=O)cc1. The molecule has 0 unspecified atom stereocenters. The first kappa shape index (κ1) is 17.4. The number of anilines is 1. The normalized spacial score (nSPS) is 10.9. The molecule has 1 aromatic carbocycles. The number of benzene rings is 1. The third-order valence-electron chi connectivity index (χ3n) is 4.04. The average Bonchev–Trinajstić information content (AvgIpc) is 2.94. The van der Waals surface area contributed by atoms with Crippen molar-refractivity contribution in [2.75, 3.05) is 5.32 Å². The minimum Gasteiger partial charge on any atom is -0.321 e. The molecule has 0 saturated carbocycles. The second-order valence-electron chi connectivity index (χ2n) is 5.88. The van der Waals surface area contributed by atoms with Crippen LogP contribution in [0.5, 0.6) is 0 Å². The maximum atomic E-state index is 12.9. The summed E-state index contributed by atoms with van der Waals surface area (Å²) in [7, 11) is 0. The number of hydrogen-bond donors (Lipinski definition) is 1. The molecule has 1 amide bonds. The second-order valence-corrected chi connectivity index (χ2v) is 6.80. The Morgan fingerprint density at radius 3 is 2.52 bits per heavy atom. The summed E-state index contributed by atoms with van der Waals surface area (Å²) in [5.74, 6) is -0.231. The van der Waals surface area contributed by atoms with Gasteiger partial charge >= 0.3 is 0 Å². The fourth-order valence-electron chi connectivity index (χ4n) is 2.78. The molecular weight excluding hydrogens is 382 g/mol. The summed E-state index contributed by atoms with van der Waals surface area (Å²) in [6.45, 7) is 5.46. The van der Waals surface area contributed by atoms with E-state index in [0.717, 1.165) is 21.4 Å². The Kier molecular flexibility index (Phi) is 4.72. The summed E-state index contributed by atoms with van der Waals surface area (Å²) in [5.41, 5.74) is 4.29. The predicted octanol–water partition coefficient (Wildman–Crippen LogP) is 4.42. The van der Waals surface area contributed by atoms with Gasteiger partial charge in [-0.2, -0.15) is 0 Å². The van der Waals surface area contributed by atoms with Gasteiger partial charge in [0, 0.05) is 21.9 Å². The van der Waals surface area contributed by atoms with Gasteiger partial charge in [-0.25, -0.2) is 4.98 Å². The maximum Gasteiger partial charge on any atom is 0.274 e. The van der Waals surface area contributed by atoms with Gasteiger partial charge in [-0.15, -0.1) is 0 Å². The predicted molar refractivity (Wildman–Crippen MR) is 101 cm³/mol. The van der Waals surface area contributed by atoms with E-state index in [4.69, 9.17) is 0 Å². The average molecular weight is 400 g/mol. The standard InChI is InChI=1S/C19H18BrN3O2/c1-4-16-17(23-10-14(20)9-11(2)18(23)22-16)19(25)21-15-7-5-13(6-8-15)12(3)24/h5-10H,4H2,1-3H3,(H,21,25). The van der Waals surface area contributed by atoms with E-state index in [1.807, 2.05) is 30.5 Å². The van der Waals surface area contributed by atoms with Gasteiger partial charge < -0.3 is 5.32 Å². The van der Waals surface area contributed by atoms with Crippen molar-refractivity contribution in [3.05, 3.63) is 63.5 Å². The number of nitrogens with zero attached hydrogens (tertiary/aromatic N) is 2. The number of fused-ring (bicyclic) bond motifs is 1. The van der Waals surface area contributed by atoms with Crippen molar-refractivity contribution in [1.29, 1.82) is 0 Å². The van der Waals surface area contributed by atoms with E-state index in [2.05, 4.69) is 26.2 Å². The van der Waals surface area contributed by atoms with E-state index in [1.54, 1.807) is 24.3 Å². The number of hydrogen-bond acceptors (Lipinski definition) is 3. The van der Waals surface area contributed by atoms with Crippen molar-refractivity contribution < 1.29 is 9.59 Å². The molecule has 0 saturated heterocycles. The summed E-state index contributed by atoms with van der Waals surface area (Å²) in [6.07, 6.45) is 2.51. The molecule has 3 rings (SSSR count). The van der Waals surface area contributed by atoms with Crippen LogP contribution in [0.4, 0.5) is 5.69 Å². The summed E-state index contributed by atoms with van der Waals surface area (Å²) in [5, 5.41) is 2.89. The first-order valence-corrected chi connectivity index (χ1v) is 8.79. The van der Waals surface area contributed by atoms with Crippen molar-refractivity contribution in [3.63, 3.8) is 0 Å². The van der Waals surface area contributed by atoms with Crippen LogP contribution in [0.25, 0.3) is 5.65 Å². The zero-order valence-corrected chi connectivity index (χ0v) is 15.8. The number of carbonyl (C=O) groups is 2. The van der Waals surface area contributed by atoms with Crippen molar-refractivity contribution in [2.45, 2.75) is 27.2 Å². The fourth-order valence-corrected chi connectivity index (χ4v) is 3.33. The molecular formula is C19H18BrN3O2. The third kappa shape index (κ3) is 3.35. The van der Waals surface area contributed by atoms with Crippen molar-refractivity contribution in [1.82, 2.24) is 9.38 Å². The highest BCUT2D eigenvalue weighted by Crippen LogP contribution is 2.22. The first-order valence-electron chi connectivity index (χ1n) is 8.00. The van der Waals surface area contributed by atoms with E-state index < -0.39 is 0 Å². The third-order valence-corrected chi connectivity index (χ3v) is 4.48. The minimum atomic E-state index is -0.225. The van der Waals surface area contributed by atoms with Crippen LogP contribution >= 0.6 is 15.9 Å². The molecule has 2 heterocycles. The highest BCUT2D eigenvalue weighted by molar-refractivity contribution is 9.10. The lowest BCUT2D eigenvalue weighted by atomic mass is 10.1. The van der Waals surface area contributed by atoms with E-state index in [-0.39, 0.29) is 11.7 Å². The number of amides is 1. The first-order chi connectivity index (χ1) is 11.9. The Labute approximate surface area is 154 Å². The Balaban J connectivity index is 2.00. The molecule has 0 aliphatic carbocycles. The second kappa shape index (κ2) is 6.80. The van der Waals surface area contributed by atoms with E-state index in [1.165, 1.54) is 6.92 Å². The number of pyridine rings is 1. The lowest BCUT2D eigenvalue weighted by Crippen LogP contribution is -2.16. The van der Waals surface area contributed by atoms with E-state index in [9.17, 15) is 9.59 Å². The molecule has 1 N–H and O–H groups in total. The van der Waals surface area contributed by atoms with Crippen molar-refractivity contribution in [2.24, 2.45) is 0 Å². The number of imidazole rings is 1. The molecule has 0 radical (unpaired) electrons. The van der Waals surface area contributed by atoms with Crippen LogP contribution in [0, 0.1) is 6.92 Å². The minimum absolute atomic E-state index is 0.00625. The molecule has 0 aliphatic heterocycles. The van der Waals surface area contributed by atoms with Gasteiger partial charge in [0.05, 0.1) is 5.69 Å². The number of halogens is 1. The van der Waals surface area contributed by atoms with Crippen LogP contribution in [0.2, 0.25) is 0 Å². The quantitative estimate of drug-likeness (QED) is 0.660. The van der Waals surface area contributed by atoms with Crippen LogP contribution in [-0.2, 0) is 6.42 Å². The molecule has 0 bridgehead atoms. The molecule has 2 aromatic heterocycles. The number of ketones is 1. The van der Waals surface area contributed by atoms with Gasteiger partial charge in [0.15, 0.2) is 5.78 Å². The number of nitrogens with one attached hydrogen (secondary N) is 1. The van der Waals surface area contributed by atoms with Gasteiger partial charge in [-0.1, -0.05) is 6.92 Å². The molecule has 3 aromatic rings. The van der Waals surface area contributed by atoms with Crippen LogP contribution in [0.3, 0.4) is 0 Å². The summed E-state index contributed by atoms with van der Waals surface area (Å²) < 4.78 is 2.70. The number of aromatic nitrogens is 2. The molecule has 0 spiro atoms. The van der Waals surface area contributed by atoms with Crippen LogP contribution in [-0.4, -0.2) is 21.1 Å². The molecule has 25 heavy (non-hydrogen) atoms. The van der Waals surface area contributed by atoms with Crippen LogP contribution in [0.15, 0.2) is 41.0 Å². The zero-order valence-electron chi connectivity index (χ0n) is 14.3. The molecule has 0 aliphatic rings. The van der Waals surface area contributed by atoms with Gasteiger partial charge in [0.25, 0.3) is 5.91 Å². The van der Waals surface area contributed by atoms with Gasteiger partial charge in [0.1, 0.15) is 11.3 Å². The van der Waals surface area contributed by atoms with Gasteiger partial charge in [0.2, 0.25) is 0 Å². The lowest BCUT2D eigenvalue weighted by molar-refractivity contribution is 0.101. The molecule has 0 fully saturated rings. The van der Waals surface area contributed by atoms with Gasteiger partial charge in [-0.3, -0.25) is 14.0 Å². The Hall–Kier alpha value is -2.47.